The number of thiophene rings is 1. The van der Waals surface area contributed by atoms with Crippen LogP contribution >= 0.6 is 22.7 Å². The zero-order chi connectivity index (χ0) is 15.9. The molecule has 3 nitrogen and oxygen atoms in total. The molecule has 0 aromatic carbocycles. The summed E-state index contributed by atoms with van der Waals surface area (Å²) in [7, 11) is 0. The third-order valence-electron chi connectivity index (χ3n) is 4.37. The Morgan fingerprint density at radius 3 is 2.77 bits per heavy atom. The molecule has 0 radical (unpaired) electrons. The average molecular weight is 335 g/mol. The molecule has 1 atom stereocenters. The molecule has 2 heterocycles. The zero-order valence-electron chi connectivity index (χ0n) is 13.5. The zero-order valence-corrected chi connectivity index (χ0v) is 15.2. The van der Waals surface area contributed by atoms with Gasteiger partial charge in [0.2, 0.25) is 0 Å². The predicted octanol–water partition coefficient (Wildman–Crippen LogP) is 4.92. The van der Waals surface area contributed by atoms with Crippen molar-refractivity contribution < 1.29 is 4.79 Å². The summed E-state index contributed by atoms with van der Waals surface area (Å²) in [6.07, 6.45) is 5.21. The molecule has 1 aliphatic rings. The van der Waals surface area contributed by atoms with Crippen molar-refractivity contribution >= 4 is 33.7 Å². The molecule has 1 aliphatic carbocycles. The highest BCUT2D eigenvalue weighted by atomic mass is 32.1. The molecule has 0 spiro atoms. The minimum atomic E-state index is -0.0268. The molecular weight excluding hydrogens is 312 g/mol. The molecule has 1 amide bonds. The number of carbonyl (C=O) groups is 1. The van der Waals surface area contributed by atoms with Gasteiger partial charge in [-0.1, -0.05) is 20.8 Å². The van der Waals surface area contributed by atoms with Crippen LogP contribution in [-0.4, -0.2) is 10.9 Å². The number of thiazole rings is 1. The standard InChI is InChI=1S/C17H22N2OS2/c1-10-9-18-16(21-10)19-15(20)14-8-11-7-12(17(2,3)4)5-6-13(11)22-14/h8-9,12H,5-7H2,1-4H3,(H,18,19,20). The minimum Gasteiger partial charge on any atom is -0.297 e. The Morgan fingerprint density at radius 1 is 1.36 bits per heavy atom. The van der Waals surface area contributed by atoms with Crippen LogP contribution in [-0.2, 0) is 12.8 Å². The summed E-state index contributed by atoms with van der Waals surface area (Å²) in [5.41, 5.74) is 1.71. The largest absolute Gasteiger partial charge is 0.297 e. The van der Waals surface area contributed by atoms with Gasteiger partial charge < -0.3 is 0 Å². The van der Waals surface area contributed by atoms with E-state index < -0.39 is 0 Å². The first-order valence-electron chi connectivity index (χ1n) is 7.68. The van der Waals surface area contributed by atoms with Gasteiger partial charge in [-0.15, -0.1) is 22.7 Å². The van der Waals surface area contributed by atoms with Crippen LogP contribution in [0.15, 0.2) is 12.3 Å². The number of rotatable bonds is 2. The topological polar surface area (TPSA) is 42.0 Å². The fourth-order valence-corrected chi connectivity index (χ4v) is 4.71. The third kappa shape index (κ3) is 3.25. The summed E-state index contributed by atoms with van der Waals surface area (Å²) in [5.74, 6) is 0.674. The van der Waals surface area contributed by atoms with Crippen molar-refractivity contribution in [3.05, 3.63) is 32.5 Å². The van der Waals surface area contributed by atoms with E-state index in [-0.39, 0.29) is 5.91 Å². The van der Waals surface area contributed by atoms with Crippen LogP contribution in [0.2, 0.25) is 0 Å². The molecular formula is C17H22N2OS2. The molecule has 2 aromatic heterocycles. The van der Waals surface area contributed by atoms with Crippen LogP contribution in [0, 0.1) is 18.3 Å². The Labute approximate surface area is 139 Å². The van der Waals surface area contributed by atoms with E-state index in [2.05, 4.69) is 37.1 Å². The van der Waals surface area contributed by atoms with Crippen LogP contribution in [0.25, 0.3) is 0 Å². The first-order valence-corrected chi connectivity index (χ1v) is 9.31. The summed E-state index contributed by atoms with van der Waals surface area (Å²) in [6, 6.07) is 2.09. The summed E-state index contributed by atoms with van der Waals surface area (Å²) in [5, 5.41) is 3.59. The number of anilines is 1. The lowest BCUT2D eigenvalue weighted by Gasteiger charge is -2.33. The first-order chi connectivity index (χ1) is 10.3. The molecule has 1 N–H and O–H groups in total. The normalized spacial score (nSPS) is 18.1. The van der Waals surface area contributed by atoms with Crippen molar-refractivity contribution in [2.24, 2.45) is 11.3 Å². The van der Waals surface area contributed by atoms with E-state index in [0.29, 0.717) is 16.5 Å². The number of nitrogens with one attached hydrogen (secondary N) is 1. The molecule has 22 heavy (non-hydrogen) atoms. The average Bonchev–Trinajstić information content (AvgIpc) is 3.02. The summed E-state index contributed by atoms with van der Waals surface area (Å²) in [4.78, 5) is 19.9. The molecule has 1 unspecified atom stereocenters. The van der Waals surface area contributed by atoms with Gasteiger partial charge in [0, 0.05) is 16.0 Å². The summed E-state index contributed by atoms with van der Waals surface area (Å²) >= 11 is 3.16. The molecule has 0 saturated heterocycles. The highest BCUT2D eigenvalue weighted by Crippen LogP contribution is 2.40. The van der Waals surface area contributed by atoms with Gasteiger partial charge in [0.25, 0.3) is 5.91 Å². The van der Waals surface area contributed by atoms with Crippen molar-refractivity contribution in [3.8, 4) is 0 Å². The quantitative estimate of drug-likeness (QED) is 0.847. The van der Waals surface area contributed by atoms with Crippen molar-refractivity contribution in [3.63, 3.8) is 0 Å². The lowest BCUT2D eigenvalue weighted by molar-refractivity contribution is 0.103. The molecule has 0 aliphatic heterocycles. The van der Waals surface area contributed by atoms with Gasteiger partial charge in [-0.3, -0.25) is 10.1 Å². The van der Waals surface area contributed by atoms with E-state index in [4.69, 9.17) is 0 Å². The second kappa shape index (κ2) is 5.78. The molecule has 2 aromatic rings. The van der Waals surface area contributed by atoms with Crippen LogP contribution in [0.1, 0.15) is 52.2 Å². The Hall–Kier alpha value is -1.20. The van der Waals surface area contributed by atoms with E-state index >= 15 is 0 Å². The van der Waals surface area contributed by atoms with Crippen LogP contribution in [0.4, 0.5) is 5.13 Å². The number of fused-ring (bicyclic) bond motifs is 1. The Balaban J connectivity index is 1.75. The Kier molecular flexibility index (Phi) is 4.12. The third-order valence-corrected chi connectivity index (χ3v) is 6.44. The number of hydrogen-bond donors (Lipinski definition) is 1. The van der Waals surface area contributed by atoms with E-state index in [1.165, 1.54) is 28.2 Å². The SMILES string of the molecule is Cc1cnc(NC(=O)c2cc3c(s2)CCC(C(C)(C)C)C3)s1. The van der Waals surface area contributed by atoms with E-state index in [1.54, 1.807) is 17.5 Å². The fraction of sp³-hybridized carbons (Fsp3) is 0.529. The van der Waals surface area contributed by atoms with Gasteiger partial charge in [-0.05, 0) is 49.1 Å². The van der Waals surface area contributed by atoms with Crippen LogP contribution in [0.5, 0.6) is 0 Å². The molecule has 0 bridgehead atoms. The molecule has 118 valence electrons. The molecule has 3 rings (SSSR count). The maximum absolute atomic E-state index is 12.4. The lowest BCUT2D eigenvalue weighted by atomic mass is 9.72. The second-order valence-electron chi connectivity index (χ2n) is 7.10. The lowest BCUT2D eigenvalue weighted by Crippen LogP contribution is -2.26. The summed E-state index contributed by atoms with van der Waals surface area (Å²) < 4.78 is 0. The first kappa shape index (κ1) is 15.7. The van der Waals surface area contributed by atoms with Crippen molar-refractivity contribution in [1.29, 1.82) is 0 Å². The van der Waals surface area contributed by atoms with E-state index in [0.717, 1.165) is 22.6 Å². The van der Waals surface area contributed by atoms with Crippen LogP contribution in [0.3, 0.4) is 0 Å². The van der Waals surface area contributed by atoms with Gasteiger partial charge in [-0.25, -0.2) is 4.98 Å². The van der Waals surface area contributed by atoms with Gasteiger partial charge in [0.05, 0.1) is 4.88 Å². The number of carbonyl (C=O) groups excluding carboxylic acids is 1. The van der Waals surface area contributed by atoms with Crippen molar-refractivity contribution in [1.82, 2.24) is 4.98 Å². The second-order valence-corrected chi connectivity index (χ2v) is 9.47. The van der Waals surface area contributed by atoms with E-state index in [9.17, 15) is 4.79 Å². The van der Waals surface area contributed by atoms with Gasteiger partial charge in [0.15, 0.2) is 5.13 Å². The number of amides is 1. The van der Waals surface area contributed by atoms with Crippen molar-refractivity contribution in [2.45, 2.75) is 47.0 Å². The molecule has 5 heteroatoms. The van der Waals surface area contributed by atoms with Crippen LogP contribution < -0.4 is 5.32 Å². The number of aromatic nitrogens is 1. The predicted molar refractivity (Wildman–Crippen MR) is 94.1 cm³/mol. The van der Waals surface area contributed by atoms with Crippen molar-refractivity contribution in [2.75, 3.05) is 5.32 Å². The number of hydrogen-bond acceptors (Lipinski definition) is 4. The highest BCUT2D eigenvalue weighted by molar-refractivity contribution is 7.16. The monoisotopic (exact) mass is 334 g/mol. The molecule has 0 saturated carbocycles. The highest BCUT2D eigenvalue weighted by Gasteiger charge is 2.30. The maximum atomic E-state index is 12.4. The van der Waals surface area contributed by atoms with Gasteiger partial charge >= 0.3 is 0 Å². The minimum absolute atomic E-state index is 0.0268. The summed E-state index contributed by atoms with van der Waals surface area (Å²) in [6.45, 7) is 8.93. The molecule has 0 fully saturated rings. The van der Waals surface area contributed by atoms with Gasteiger partial charge in [-0.2, -0.15) is 0 Å². The Bertz CT molecular complexity index is 694. The maximum Gasteiger partial charge on any atom is 0.267 e. The number of nitrogens with zero attached hydrogens (tertiary/aromatic N) is 1. The Morgan fingerprint density at radius 2 is 2.14 bits per heavy atom. The smallest absolute Gasteiger partial charge is 0.267 e. The number of aryl methyl sites for hydroxylation is 2. The fourth-order valence-electron chi connectivity index (χ4n) is 2.95. The van der Waals surface area contributed by atoms with E-state index in [1.807, 2.05) is 6.92 Å². The van der Waals surface area contributed by atoms with Gasteiger partial charge in [0.1, 0.15) is 0 Å².